The maximum absolute atomic E-state index is 11.4. The first-order valence-electron chi connectivity index (χ1n) is 11.0. The van der Waals surface area contributed by atoms with Gasteiger partial charge < -0.3 is 4.57 Å². The molecule has 5 nitrogen and oxygen atoms in total. The molecule has 2 N–H and O–H groups in total. The maximum Gasteiger partial charge on any atom is 0.267 e. The number of nitrogens with zero attached hydrogens (tertiary/aromatic N) is 2. The zero-order valence-electron chi connectivity index (χ0n) is 18.6. The summed E-state index contributed by atoms with van der Waals surface area (Å²) in [4.78, 5) is 16.4. The predicted molar refractivity (Wildman–Crippen MR) is 131 cm³/mol. The van der Waals surface area contributed by atoms with Crippen LogP contribution in [0.25, 0.3) is 17.3 Å². The lowest BCUT2D eigenvalue weighted by Crippen LogP contribution is -2.14. The van der Waals surface area contributed by atoms with Crippen molar-refractivity contribution in [3.8, 4) is 11.3 Å². The Bertz CT molecular complexity index is 1240. The highest BCUT2D eigenvalue weighted by molar-refractivity contribution is 5.91. The van der Waals surface area contributed by atoms with Crippen molar-refractivity contribution < 1.29 is 10.0 Å². The molecule has 33 heavy (non-hydrogen) atoms. The summed E-state index contributed by atoms with van der Waals surface area (Å²) in [5.41, 5.74) is 8.15. The Labute approximate surface area is 194 Å². The van der Waals surface area contributed by atoms with Crippen LogP contribution in [0.4, 0.5) is 0 Å². The molecule has 0 aliphatic rings. The molecule has 0 radical (unpaired) electrons. The largest absolute Gasteiger partial charge is 0.328 e. The minimum atomic E-state index is -0.561. The van der Waals surface area contributed by atoms with Gasteiger partial charge in [0.15, 0.2) is 0 Å². The van der Waals surface area contributed by atoms with Crippen molar-refractivity contribution >= 4 is 12.0 Å². The third-order valence-electron chi connectivity index (χ3n) is 5.61. The third-order valence-corrected chi connectivity index (χ3v) is 5.61. The molecule has 4 aromatic rings. The van der Waals surface area contributed by atoms with Gasteiger partial charge in [-0.3, -0.25) is 10.0 Å². The normalized spacial score (nSPS) is 11.1. The second-order valence-corrected chi connectivity index (χ2v) is 7.94. The van der Waals surface area contributed by atoms with Gasteiger partial charge in [-0.2, -0.15) is 0 Å². The number of rotatable bonds is 8. The molecule has 0 atom stereocenters. The molecule has 0 fully saturated rings. The lowest BCUT2D eigenvalue weighted by atomic mass is 10.0. The van der Waals surface area contributed by atoms with Crippen LogP contribution in [0.1, 0.15) is 28.2 Å². The number of aromatic nitrogens is 2. The Morgan fingerprint density at radius 2 is 1.67 bits per heavy atom. The van der Waals surface area contributed by atoms with E-state index in [-0.39, 0.29) is 0 Å². The van der Waals surface area contributed by atoms with Crippen molar-refractivity contribution in [2.75, 3.05) is 0 Å². The minimum absolute atomic E-state index is 0.561. The fourth-order valence-electron chi connectivity index (χ4n) is 4.02. The highest BCUT2D eigenvalue weighted by Crippen LogP contribution is 2.29. The second kappa shape index (κ2) is 10.6. The average Bonchev–Trinajstić information content (AvgIpc) is 3.17. The molecule has 0 saturated heterocycles. The van der Waals surface area contributed by atoms with Crippen LogP contribution in [-0.2, 0) is 24.2 Å². The van der Waals surface area contributed by atoms with Crippen LogP contribution < -0.4 is 5.48 Å². The summed E-state index contributed by atoms with van der Waals surface area (Å²) in [6.07, 6.45) is 4.64. The van der Waals surface area contributed by atoms with E-state index in [2.05, 4.69) is 54.0 Å². The monoisotopic (exact) mass is 437 g/mol. The SMILES string of the molecule is Cc1nc(Cc2ccccc2)c(-c2cccc(/C=C/C(=O)NO)c2)n1CCc1ccccc1. The van der Waals surface area contributed by atoms with E-state index in [1.165, 1.54) is 17.2 Å². The predicted octanol–water partition coefficient (Wildman–Crippen LogP) is 5.21. The number of hydrogen-bond acceptors (Lipinski definition) is 3. The van der Waals surface area contributed by atoms with E-state index in [1.807, 2.05) is 42.5 Å². The van der Waals surface area contributed by atoms with Crippen LogP contribution in [0, 0.1) is 6.92 Å². The Balaban J connectivity index is 1.73. The molecule has 0 saturated carbocycles. The van der Waals surface area contributed by atoms with Crippen molar-refractivity contribution in [3.05, 3.63) is 119 Å². The van der Waals surface area contributed by atoms with Gasteiger partial charge in [0, 0.05) is 24.6 Å². The summed E-state index contributed by atoms with van der Waals surface area (Å²) in [5.74, 6) is 0.418. The summed E-state index contributed by atoms with van der Waals surface area (Å²) < 4.78 is 2.29. The van der Waals surface area contributed by atoms with E-state index < -0.39 is 5.91 Å². The summed E-state index contributed by atoms with van der Waals surface area (Å²) in [5, 5.41) is 8.75. The molecule has 0 unspecified atom stereocenters. The number of amides is 1. The lowest BCUT2D eigenvalue weighted by Gasteiger charge is -2.13. The fraction of sp³-hybridized carbons (Fsp3) is 0.143. The average molecular weight is 438 g/mol. The standard InChI is InChI=1S/C28H27N3O2/c1-21-29-26(20-23-11-6-3-7-12-23)28(31(21)18-17-22-9-4-2-5-10-22)25-14-8-13-24(19-25)15-16-27(32)30-33/h2-16,19,33H,17-18,20H2,1H3,(H,30,32)/b16-15+. The smallest absolute Gasteiger partial charge is 0.267 e. The first-order chi connectivity index (χ1) is 16.1. The maximum atomic E-state index is 11.4. The summed E-state index contributed by atoms with van der Waals surface area (Å²) in [6, 6.07) is 28.8. The summed E-state index contributed by atoms with van der Waals surface area (Å²) in [6.45, 7) is 2.87. The van der Waals surface area contributed by atoms with E-state index in [0.717, 1.165) is 47.7 Å². The Hall–Kier alpha value is -3.96. The van der Waals surface area contributed by atoms with Crippen LogP contribution in [0.3, 0.4) is 0 Å². The Kier molecular flexibility index (Phi) is 7.12. The van der Waals surface area contributed by atoms with Crippen LogP contribution >= 0.6 is 0 Å². The first-order valence-corrected chi connectivity index (χ1v) is 11.0. The quantitative estimate of drug-likeness (QED) is 0.226. The minimum Gasteiger partial charge on any atom is -0.328 e. The number of benzene rings is 3. The van der Waals surface area contributed by atoms with E-state index in [0.29, 0.717) is 0 Å². The number of carbonyl (C=O) groups excluding carboxylic acids is 1. The molecular weight excluding hydrogens is 410 g/mol. The third kappa shape index (κ3) is 5.64. The highest BCUT2D eigenvalue weighted by Gasteiger charge is 2.17. The van der Waals surface area contributed by atoms with Gasteiger partial charge in [-0.1, -0.05) is 78.9 Å². The van der Waals surface area contributed by atoms with Crippen molar-refractivity contribution in [2.45, 2.75) is 26.3 Å². The number of hydroxylamine groups is 1. The van der Waals surface area contributed by atoms with Gasteiger partial charge in [0.1, 0.15) is 5.82 Å². The number of imidazole rings is 1. The lowest BCUT2D eigenvalue weighted by molar-refractivity contribution is -0.124. The molecule has 5 heteroatoms. The van der Waals surface area contributed by atoms with Crippen molar-refractivity contribution in [1.82, 2.24) is 15.0 Å². The molecule has 166 valence electrons. The van der Waals surface area contributed by atoms with Gasteiger partial charge >= 0.3 is 0 Å². The van der Waals surface area contributed by atoms with Crippen molar-refractivity contribution in [3.63, 3.8) is 0 Å². The Morgan fingerprint density at radius 1 is 0.970 bits per heavy atom. The van der Waals surface area contributed by atoms with Crippen LogP contribution in [0.5, 0.6) is 0 Å². The molecule has 4 rings (SSSR count). The van der Waals surface area contributed by atoms with Crippen molar-refractivity contribution in [1.29, 1.82) is 0 Å². The number of carbonyl (C=O) groups is 1. The molecular formula is C28H27N3O2. The van der Waals surface area contributed by atoms with Gasteiger partial charge in [0.05, 0.1) is 11.4 Å². The summed E-state index contributed by atoms with van der Waals surface area (Å²) >= 11 is 0. The summed E-state index contributed by atoms with van der Waals surface area (Å²) in [7, 11) is 0. The van der Waals surface area contributed by atoms with Gasteiger partial charge in [0.2, 0.25) is 0 Å². The van der Waals surface area contributed by atoms with E-state index in [9.17, 15) is 4.79 Å². The molecule has 0 aliphatic carbocycles. The molecule has 0 aliphatic heterocycles. The topological polar surface area (TPSA) is 67.2 Å². The van der Waals surface area contributed by atoms with Crippen LogP contribution in [0.2, 0.25) is 0 Å². The molecule has 1 amide bonds. The van der Waals surface area contributed by atoms with Gasteiger partial charge in [-0.05, 0) is 42.2 Å². The van der Waals surface area contributed by atoms with Gasteiger partial charge in [-0.15, -0.1) is 0 Å². The molecule has 1 aromatic heterocycles. The Morgan fingerprint density at radius 3 is 2.36 bits per heavy atom. The van der Waals surface area contributed by atoms with Gasteiger partial charge in [0.25, 0.3) is 5.91 Å². The molecule has 0 spiro atoms. The van der Waals surface area contributed by atoms with Crippen molar-refractivity contribution in [2.24, 2.45) is 0 Å². The zero-order chi connectivity index (χ0) is 23.0. The van der Waals surface area contributed by atoms with E-state index >= 15 is 0 Å². The van der Waals surface area contributed by atoms with E-state index in [4.69, 9.17) is 10.2 Å². The van der Waals surface area contributed by atoms with E-state index in [1.54, 1.807) is 11.6 Å². The van der Waals surface area contributed by atoms with Gasteiger partial charge in [-0.25, -0.2) is 10.5 Å². The van der Waals surface area contributed by atoms with Crippen LogP contribution in [0.15, 0.2) is 91.0 Å². The number of hydrogen-bond donors (Lipinski definition) is 2. The van der Waals surface area contributed by atoms with Crippen LogP contribution in [-0.4, -0.2) is 20.7 Å². The number of aryl methyl sites for hydroxylation is 2. The first kappa shape index (κ1) is 22.2. The second-order valence-electron chi connectivity index (χ2n) is 7.94. The fourth-order valence-corrected chi connectivity index (χ4v) is 4.02. The molecule has 3 aromatic carbocycles. The molecule has 1 heterocycles. The highest BCUT2D eigenvalue weighted by atomic mass is 16.5. The molecule has 0 bridgehead atoms. The zero-order valence-corrected chi connectivity index (χ0v) is 18.6. The number of nitrogens with one attached hydrogen (secondary N) is 1.